The lowest BCUT2D eigenvalue weighted by Crippen LogP contribution is -2.34. The summed E-state index contributed by atoms with van der Waals surface area (Å²) in [4.78, 5) is 26.8. The number of carbonyl (C=O) groups is 2. The van der Waals surface area contributed by atoms with Crippen LogP contribution in [0.4, 0.5) is 4.79 Å². The minimum Gasteiger partial charge on any atom is -0.340 e. The number of nitrogens with zero attached hydrogens (tertiary/aromatic N) is 2. The average molecular weight is 197 g/mol. The molecule has 3 amide bonds. The van der Waals surface area contributed by atoms with Crippen molar-refractivity contribution in [2.75, 3.05) is 20.1 Å². The largest absolute Gasteiger partial charge is 0.340 e. The molecule has 5 nitrogen and oxygen atoms in total. The molecule has 1 N–H and O–H groups in total. The van der Waals surface area contributed by atoms with Gasteiger partial charge in [-0.1, -0.05) is 6.58 Å². The average Bonchev–Trinajstić information content (AvgIpc) is 2.16. The first-order chi connectivity index (χ1) is 6.61. The van der Waals surface area contributed by atoms with Crippen LogP contribution in [0, 0.1) is 0 Å². The Kier molecular flexibility index (Phi) is 6.02. The maximum absolute atomic E-state index is 11.0. The normalized spacial score (nSPS) is 9.86. The van der Waals surface area contributed by atoms with E-state index in [9.17, 15) is 9.59 Å². The highest BCUT2D eigenvalue weighted by Gasteiger charge is 2.03. The molecular weight excluding hydrogens is 182 g/mol. The van der Waals surface area contributed by atoms with Gasteiger partial charge in [0.15, 0.2) is 0 Å². The zero-order chi connectivity index (χ0) is 11.0. The first-order valence-electron chi connectivity index (χ1n) is 4.25. The summed E-state index contributed by atoms with van der Waals surface area (Å²) in [5, 5.41) is 2.53. The summed E-state index contributed by atoms with van der Waals surface area (Å²) in [7, 11) is 1.64. The van der Waals surface area contributed by atoms with E-state index in [0.29, 0.717) is 13.1 Å². The van der Waals surface area contributed by atoms with Crippen molar-refractivity contribution in [2.45, 2.75) is 6.92 Å². The molecule has 0 aliphatic rings. The summed E-state index contributed by atoms with van der Waals surface area (Å²) in [6, 6.07) is -0.396. The fraction of sp³-hybridized carbons (Fsp3) is 0.444. The molecule has 14 heavy (non-hydrogen) atoms. The molecule has 0 heterocycles. The van der Waals surface area contributed by atoms with Crippen LogP contribution in [0.3, 0.4) is 0 Å². The minimum atomic E-state index is -0.396. The second-order valence-electron chi connectivity index (χ2n) is 2.58. The van der Waals surface area contributed by atoms with Crippen molar-refractivity contribution >= 4 is 18.2 Å². The van der Waals surface area contributed by atoms with Crippen LogP contribution < -0.4 is 5.32 Å². The van der Waals surface area contributed by atoms with Crippen LogP contribution in [0.2, 0.25) is 0 Å². The van der Waals surface area contributed by atoms with Crippen molar-refractivity contribution in [1.29, 1.82) is 0 Å². The summed E-state index contributed by atoms with van der Waals surface area (Å²) in [5.41, 5.74) is 0. The second-order valence-corrected chi connectivity index (χ2v) is 2.58. The lowest BCUT2D eigenvalue weighted by atomic mass is 10.5. The lowest BCUT2D eigenvalue weighted by molar-refractivity contribution is -0.124. The first-order valence-corrected chi connectivity index (χ1v) is 4.25. The number of hydrogen-bond donors (Lipinski definition) is 1. The highest BCUT2D eigenvalue weighted by atomic mass is 16.2. The fourth-order valence-corrected chi connectivity index (χ4v) is 0.759. The van der Waals surface area contributed by atoms with Crippen molar-refractivity contribution in [3.8, 4) is 0 Å². The highest BCUT2D eigenvalue weighted by Crippen LogP contribution is 1.84. The molecule has 0 aromatic rings. The van der Waals surface area contributed by atoms with Crippen molar-refractivity contribution in [2.24, 2.45) is 4.99 Å². The quantitative estimate of drug-likeness (QED) is 0.524. The molecule has 78 valence electrons. The van der Waals surface area contributed by atoms with Gasteiger partial charge >= 0.3 is 6.03 Å². The molecule has 0 aromatic heterocycles. The lowest BCUT2D eigenvalue weighted by Gasteiger charge is -2.14. The van der Waals surface area contributed by atoms with Gasteiger partial charge in [0.2, 0.25) is 5.91 Å². The van der Waals surface area contributed by atoms with Crippen LogP contribution in [-0.4, -0.2) is 43.2 Å². The van der Waals surface area contributed by atoms with E-state index in [0.717, 1.165) is 0 Å². The molecule has 0 saturated carbocycles. The SMILES string of the molecule is C=CC(=O)N(C)CCNC(=O)N=CC. The third-order valence-electron chi connectivity index (χ3n) is 1.52. The third kappa shape index (κ3) is 5.08. The number of urea groups is 1. The topological polar surface area (TPSA) is 61.8 Å². The standard InChI is InChI=1S/C9H15N3O2/c1-4-8(13)12(3)7-6-11-9(14)10-5-2/h4-5H,1,6-7H2,2-3H3,(H,11,14). The summed E-state index contributed by atoms with van der Waals surface area (Å²) < 4.78 is 0. The minimum absolute atomic E-state index is 0.168. The Morgan fingerprint density at radius 3 is 2.71 bits per heavy atom. The monoisotopic (exact) mass is 197 g/mol. The van der Waals surface area contributed by atoms with Gasteiger partial charge in [-0.3, -0.25) is 4.79 Å². The van der Waals surface area contributed by atoms with Gasteiger partial charge in [-0.2, -0.15) is 0 Å². The van der Waals surface area contributed by atoms with Crippen molar-refractivity contribution in [3.63, 3.8) is 0 Å². The Hall–Kier alpha value is -1.65. The molecular formula is C9H15N3O2. The van der Waals surface area contributed by atoms with Crippen molar-refractivity contribution in [3.05, 3.63) is 12.7 Å². The fourth-order valence-electron chi connectivity index (χ4n) is 0.759. The number of aliphatic imine (C=N–C) groups is 1. The number of nitrogens with one attached hydrogen (secondary N) is 1. The van der Waals surface area contributed by atoms with E-state index in [1.54, 1.807) is 14.0 Å². The summed E-state index contributed by atoms with van der Waals surface area (Å²) in [5.74, 6) is -0.168. The molecule has 0 unspecified atom stereocenters. The molecule has 0 radical (unpaired) electrons. The number of hydrogen-bond acceptors (Lipinski definition) is 2. The molecule has 0 saturated heterocycles. The van der Waals surface area contributed by atoms with Crippen LogP contribution in [0.25, 0.3) is 0 Å². The Labute approximate surface area is 83.5 Å². The molecule has 0 rings (SSSR count). The van der Waals surface area contributed by atoms with Gasteiger partial charge in [0.25, 0.3) is 0 Å². The Morgan fingerprint density at radius 2 is 2.21 bits per heavy atom. The van der Waals surface area contributed by atoms with Gasteiger partial charge in [0, 0.05) is 26.4 Å². The van der Waals surface area contributed by atoms with Crippen molar-refractivity contribution in [1.82, 2.24) is 10.2 Å². The van der Waals surface area contributed by atoms with E-state index in [2.05, 4.69) is 16.9 Å². The third-order valence-corrected chi connectivity index (χ3v) is 1.52. The molecule has 0 fully saturated rings. The molecule has 0 bridgehead atoms. The van der Waals surface area contributed by atoms with E-state index in [4.69, 9.17) is 0 Å². The second kappa shape index (κ2) is 6.82. The molecule has 0 aliphatic carbocycles. The van der Waals surface area contributed by atoms with Gasteiger partial charge in [0.1, 0.15) is 0 Å². The van der Waals surface area contributed by atoms with Gasteiger partial charge in [-0.05, 0) is 13.0 Å². The summed E-state index contributed by atoms with van der Waals surface area (Å²) >= 11 is 0. The highest BCUT2D eigenvalue weighted by molar-refractivity contribution is 5.86. The van der Waals surface area contributed by atoms with Gasteiger partial charge in [-0.15, -0.1) is 0 Å². The molecule has 0 spiro atoms. The van der Waals surface area contributed by atoms with E-state index >= 15 is 0 Å². The van der Waals surface area contributed by atoms with Crippen LogP contribution in [0.15, 0.2) is 17.6 Å². The molecule has 5 heteroatoms. The molecule has 0 aliphatic heterocycles. The number of carbonyl (C=O) groups excluding carboxylic acids is 2. The number of rotatable bonds is 4. The first kappa shape index (κ1) is 12.3. The Morgan fingerprint density at radius 1 is 1.57 bits per heavy atom. The van der Waals surface area contributed by atoms with Crippen LogP contribution in [0.1, 0.15) is 6.92 Å². The molecule has 0 atom stereocenters. The van der Waals surface area contributed by atoms with Gasteiger partial charge in [0.05, 0.1) is 0 Å². The summed E-state index contributed by atoms with van der Waals surface area (Å²) in [6.07, 6.45) is 2.64. The zero-order valence-electron chi connectivity index (χ0n) is 8.49. The predicted molar refractivity (Wildman–Crippen MR) is 55.4 cm³/mol. The number of amides is 3. The zero-order valence-corrected chi connectivity index (χ0v) is 8.49. The van der Waals surface area contributed by atoms with E-state index < -0.39 is 6.03 Å². The number of likely N-dealkylation sites (N-methyl/N-ethyl adjacent to an activating group) is 1. The predicted octanol–water partition coefficient (Wildman–Crippen LogP) is 0.431. The molecule has 0 aromatic carbocycles. The Bertz CT molecular complexity index is 248. The van der Waals surface area contributed by atoms with Crippen LogP contribution >= 0.6 is 0 Å². The van der Waals surface area contributed by atoms with Gasteiger partial charge < -0.3 is 10.2 Å². The maximum Gasteiger partial charge on any atom is 0.340 e. The Balaban J connectivity index is 3.69. The van der Waals surface area contributed by atoms with Crippen LogP contribution in [0.5, 0.6) is 0 Å². The van der Waals surface area contributed by atoms with Crippen LogP contribution in [-0.2, 0) is 4.79 Å². The summed E-state index contributed by atoms with van der Waals surface area (Å²) in [6.45, 7) is 5.83. The maximum atomic E-state index is 11.0. The van der Waals surface area contributed by atoms with E-state index in [1.807, 2.05) is 0 Å². The van der Waals surface area contributed by atoms with E-state index in [-0.39, 0.29) is 5.91 Å². The smallest absolute Gasteiger partial charge is 0.340 e. The van der Waals surface area contributed by atoms with Crippen molar-refractivity contribution < 1.29 is 9.59 Å². The van der Waals surface area contributed by atoms with Gasteiger partial charge in [-0.25, -0.2) is 9.79 Å². The van der Waals surface area contributed by atoms with E-state index in [1.165, 1.54) is 17.2 Å².